The first kappa shape index (κ1) is 58.8. The molecule has 3 aromatic carbocycles. The van der Waals surface area contributed by atoms with Crippen molar-refractivity contribution in [1.29, 1.82) is 0 Å². The molecule has 0 unspecified atom stereocenters. The van der Waals surface area contributed by atoms with E-state index >= 15 is 13.2 Å². The molecule has 3 aliphatic rings. The summed E-state index contributed by atoms with van der Waals surface area (Å²) < 4.78 is 78.7. The van der Waals surface area contributed by atoms with E-state index in [0.29, 0.717) is 54.6 Å². The average Bonchev–Trinajstić information content (AvgIpc) is 1.26. The molecule has 0 bridgehead atoms. The first-order valence-corrected chi connectivity index (χ1v) is 28.2. The van der Waals surface area contributed by atoms with Crippen LogP contribution in [0.1, 0.15) is 101 Å². The summed E-state index contributed by atoms with van der Waals surface area (Å²) in [5.41, 5.74) is 7.71. The van der Waals surface area contributed by atoms with E-state index in [9.17, 15) is 38.3 Å². The standard InChI is InChI=1S/C21H16ClFN4O3.C21H16ClFN4O2.C19H14ClF2N3O4/c1-10(28)14-8-26(12-3-4-12)18-13(19(14)29)6-16(23)17(20(18)30-2)11-5-15(22)21-24-9-25-27(21)7-11;1-10-18(12-5-16(22)21-24-9-25-27(21)7-12)17(23)6-14-19(10)26(13-3-4-13)8-15(11(2)28)20(14)29;1-29-17-14(7-2-10(20)18(23)24-5-7)12(22)3-8-15(17)25(13-4-11(13)21)6-9(16(8)26)19(27)28/h5-9,12H,3-4H2,1-2H3;5-9,13H,3-4H2,1-2H3;2-3,5-6,11,13H,4H2,1H3,(H2,23,24)(H,27,28)/t;;11-,13+/m..0/s1. The lowest BCUT2D eigenvalue weighted by molar-refractivity contribution is 0.0694. The fraction of sp³-hybridized carbons (Fsp3) is 0.230. The van der Waals surface area contributed by atoms with Crippen LogP contribution in [0.5, 0.6) is 11.5 Å². The molecule has 27 heteroatoms. The quantitative estimate of drug-likeness (QED) is 0.0902. The van der Waals surface area contributed by atoms with Crippen molar-refractivity contribution in [1.82, 2.24) is 47.9 Å². The third kappa shape index (κ3) is 10.1. The second-order valence-corrected chi connectivity index (χ2v) is 22.6. The number of alkyl halides is 1. The van der Waals surface area contributed by atoms with Gasteiger partial charge in [-0.2, -0.15) is 10.2 Å². The molecule has 11 aromatic rings. The van der Waals surface area contributed by atoms with E-state index < -0.39 is 57.5 Å². The van der Waals surface area contributed by atoms with Gasteiger partial charge in [0.1, 0.15) is 47.7 Å². The van der Waals surface area contributed by atoms with Crippen LogP contribution < -0.4 is 31.5 Å². The first-order chi connectivity index (χ1) is 42.0. The number of ether oxygens (including phenoxy) is 2. The Morgan fingerprint density at radius 3 is 1.44 bits per heavy atom. The van der Waals surface area contributed by atoms with Crippen LogP contribution in [-0.4, -0.2) is 90.9 Å². The number of carboxylic acids is 1. The number of aryl methyl sites for hydroxylation is 1. The molecular formula is C61H46Cl3F4N11O9. The maximum atomic E-state index is 15.4. The number of carboxylic acid groups (broad SMARTS) is 1. The number of benzene rings is 3. The van der Waals surface area contributed by atoms with Gasteiger partial charge in [-0.3, -0.25) is 24.0 Å². The van der Waals surface area contributed by atoms with Crippen LogP contribution in [0.4, 0.5) is 23.4 Å². The lowest BCUT2D eigenvalue weighted by Crippen LogP contribution is -2.20. The molecule has 0 saturated heterocycles. The highest BCUT2D eigenvalue weighted by atomic mass is 35.5. The van der Waals surface area contributed by atoms with Crippen LogP contribution in [0, 0.1) is 24.4 Å². The summed E-state index contributed by atoms with van der Waals surface area (Å²) in [6.45, 7) is 4.47. The number of Topliss-reactive ketones (excluding diaryl/α,β-unsaturated/α-hetero) is 2. The van der Waals surface area contributed by atoms with E-state index in [-0.39, 0.29) is 102 Å². The Balaban J connectivity index is 0.000000129. The third-order valence-corrected chi connectivity index (χ3v) is 16.5. The molecule has 3 saturated carbocycles. The molecule has 0 aliphatic heterocycles. The lowest BCUT2D eigenvalue weighted by atomic mass is 9.96. The van der Waals surface area contributed by atoms with Crippen molar-refractivity contribution in [3.63, 3.8) is 0 Å². The number of pyridine rings is 6. The van der Waals surface area contributed by atoms with E-state index in [4.69, 9.17) is 50.0 Å². The minimum absolute atomic E-state index is 0.0377. The number of methoxy groups -OCH3 is 2. The number of carbonyl (C=O) groups is 3. The Hall–Kier alpha value is -9.52. The number of ketones is 2. The van der Waals surface area contributed by atoms with Crippen LogP contribution in [0.15, 0.2) is 101 Å². The number of nitrogen functional groups attached to an aromatic ring is 1. The van der Waals surface area contributed by atoms with Crippen molar-refractivity contribution in [2.45, 2.75) is 77.2 Å². The summed E-state index contributed by atoms with van der Waals surface area (Å²) >= 11 is 18.6. The highest BCUT2D eigenvalue weighted by Crippen LogP contribution is 2.47. The molecule has 3 N–H and O–H groups in total. The van der Waals surface area contributed by atoms with Gasteiger partial charge >= 0.3 is 5.97 Å². The molecule has 0 spiro atoms. The molecule has 0 amide bonds. The van der Waals surface area contributed by atoms with Crippen molar-refractivity contribution in [3.8, 4) is 44.9 Å². The summed E-state index contributed by atoms with van der Waals surface area (Å²) in [5, 5.41) is 18.4. The smallest absolute Gasteiger partial charge is 0.341 e. The molecular weight excluding hydrogens is 1210 g/mol. The van der Waals surface area contributed by atoms with Gasteiger partial charge in [0.05, 0.1) is 84.9 Å². The van der Waals surface area contributed by atoms with Gasteiger partial charge in [0.25, 0.3) is 0 Å². The summed E-state index contributed by atoms with van der Waals surface area (Å²) in [7, 11) is 2.69. The molecule has 14 rings (SSSR count). The maximum Gasteiger partial charge on any atom is 0.341 e. The number of rotatable bonds is 11. The number of nitrogens with two attached hydrogens (primary N) is 1. The number of fused-ring (bicyclic) bond motifs is 5. The first-order valence-electron chi connectivity index (χ1n) is 27.1. The van der Waals surface area contributed by atoms with E-state index in [1.54, 1.807) is 43.8 Å². The van der Waals surface area contributed by atoms with E-state index in [1.807, 2.05) is 9.13 Å². The van der Waals surface area contributed by atoms with Gasteiger partial charge in [-0.05, 0) is 88.4 Å². The van der Waals surface area contributed by atoms with Crippen molar-refractivity contribution >= 4 is 102 Å². The number of hydrogen-bond acceptors (Lipinski definition) is 14. The topological polar surface area (TPSA) is 255 Å². The van der Waals surface area contributed by atoms with Gasteiger partial charge in [-0.15, -0.1) is 0 Å². The monoisotopic (exact) mass is 1260 g/mol. The van der Waals surface area contributed by atoms with Gasteiger partial charge in [0, 0.05) is 83.3 Å². The minimum atomic E-state index is -1.49. The number of halogens is 7. The van der Waals surface area contributed by atoms with E-state index in [0.717, 1.165) is 37.9 Å². The molecule has 3 aliphatic carbocycles. The number of nitrogens with zero attached hydrogens (tertiary/aromatic N) is 10. The van der Waals surface area contributed by atoms with Crippen LogP contribution in [0.2, 0.25) is 15.1 Å². The zero-order valence-corrected chi connectivity index (χ0v) is 49.1. The highest BCUT2D eigenvalue weighted by Gasteiger charge is 2.41. The predicted octanol–water partition coefficient (Wildman–Crippen LogP) is 11.8. The SMILES string of the molecule is CC(=O)c1cn(C2CC2)c2c(C)c(-c3cc(Cl)c4ncnn4c3)c(F)cc2c1=O.COc1c(-c2cc(Cl)c3ncnn3c2)c(F)cc2c(=O)c(C(C)=O)cn(C3CC3)c12.COc1c(-c2cnc(N)c(Cl)c2)c(F)cc2c(=O)c(C(=O)O)cn([C@@H]3C[C@@H]3F)c12. The van der Waals surface area contributed by atoms with Gasteiger partial charge < -0.3 is 34.0 Å². The largest absolute Gasteiger partial charge is 0.494 e. The van der Waals surface area contributed by atoms with Crippen LogP contribution >= 0.6 is 34.8 Å². The molecule has 88 heavy (non-hydrogen) atoms. The normalized spacial score (nSPS) is 15.3. The van der Waals surface area contributed by atoms with Crippen LogP contribution in [0.3, 0.4) is 0 Å². The van der Waals surface area contributed by atoms with Crippen molar-refractivity contribution in [2.24, 2.45) is 0 Å². The molecule has 2 atom stereocenters. The highest BCUT2D eigenvalue weighted by molar-refractivity contribution is 6.34. The average molecular weight is 1260 g/mol. The fourth-order valence-corrected chi connectivity index (χ4v) is 11.8. The van der Waals surface area contributed by atoms with Gasteiger partial charge in [-0.1, -0.05) is 34.8 Å². The molecule has 3 fully saturated rings. The summed E-state index contributed by atoms with van der Waals surface area (Å²) in [5.74, 6) is -4.02. The number of hydrogen-bond donors (Lipinski definition) is 2. The number of aromatic carboxylic acids is 1. The summed E-state index contributed by atoms with van der Waals surface area (Å²) in [6, 6.07) is 7.57. The lowest BCUT2D eigenvalue weighted by Gasteiger charge is -2.18. The zero-order chi connectivity index (χ0) is 62.6. The fourth-order valence-electron chi connectivity index (χ4n) is 11.1. The molecule has 0 radical (unpaired) electrons. The Morgan fingerprint density at radius 1 is 0.591 bits per heavy atom. The molecule has 448 valence electrons. The number of anilines is 1. The number of aromatic nitrogens is 10. The minimum Gasteiger partial charge on any atom is -0.494 e. The maximum absolute atomic E-state index is 15.4. The molecule has 8 heterocycles. The van der Waals surface area contributed by atoms with Crippen molar-refractivity contribution in [2.75, 3.05) is 20.0 Å². The number of carbonyl (C=O) groups excluding carboxylic acids is 2. The van der Waals surface area contributed by atoms with Gasteiger partial charge in [0.2, 0.25) is 5.43 Å². The van der Waals surface area contributed by atoms with Crippen LogP contribution in [-0.2, 0) is 0 Å². The predicted molar refractivity (Wildman–Crippen MR) is 321 cm³/mol. The Kier molecular flexibility index (Phi) is 14.9. The second kappa shape index (κ2) is 22.3. The Morgan fingerprint density at radius 2 is 1.00 bits per heavy atom. The zero-order valence-electron chi connectivity index (χ0n) is 46.8. The molecule has 8 aromatic heterocycles. The summed E-state index contributed by atoms with van der Waals surface area (Å²) in [6.07, 6.45) is 14.2. The van der Waals surface area contributed by atoms with E-state index in [2.05, 4.69) is 25.1 Å². The van der Waals surface area contributed by atoms with Crippen LogP contribution in [0.25, 0.3) is 77.4 Å². The second-order valence-electron chi connectivity index (χ2n) is 21.4. The van der Waals surface area contributed by atoms with Crippen molar-refractivity contribution in [3.05, 3.63) is 172 Å². The Bertz CT molecular complexity index is 5060. The van der Waals surface area contributed by atoms with Gasteiger partial charge in [-0.25, -0.2) is 46.3 Å². The van der Waals surface area contributed by atoms with Crippen molar-refractivity contribution < 1.29 is 46.5 Å². The van der Waals surface area contributed by atoms with Gasteiger partial charge in [0.15, 0.2) is 45.2 Å². The third-order valence-electron chi connectivity index (χ3n) is 15.7. The van der Waals surface area contributed by atoms with E-state index in [1.165, 1.54) is 78.7 Å². The Labute approximate surface area is 507 Å². The summed E-state index contributed by atoms with van der Waals surface area (Å²) in [4.78, 5) is 85.9. The molecule has 20 nitrogen and oxygen atoms in total.